The number of hydrogen-bond acceptors (Lipinski definition) is 4. The quantitative estimate of drug-likeness (QED) is 0.522. The highest BCUT2D eigenvalue weighted by atomic mass is 32.1. The summed E-state index contributed by atoms with van der Waals surface area (Å²) in [6.07, 6.45) is 0. The van der Waals surface area contributed by atoms with Gasteiger partial charge in [0.15, 0.2) is 0 Å². The van der Waals surface area contributed by atoms with Gasteiger partial charge in [0, 0.05) is 0 Å². The summed E-state index contributed by atoms with van der Waals surface area (Å²) in [6, 6.07) is 8.48. The first-order valence-electron chi connectivity index (χ1n) is 3.73. The monoisotopic (exact) mass is 224 g/mol. The molecule has 0 amide bonds. The third-order valence-electron chi connectivity index (χ3n) is 1.22. The number of isothiocyanates is 2. The smallest absolute Gasteiger partial charge is 0.0554 e. The Kier molecular flexibility index (Phi) is 12.9. The van der Waals surface area contributed by atoms with Crippen LogP contribution in [0.2, 0.25) is 0 Å². The Bertz CT molecular complexity index is 272. The van der Waals surface area contributed by atoms with Crippen LogP contribution >= 0.6 is 24.4 Å². The molecular weight excluding hydrogens is 212 g/mol. The summed E-state index contributed by atoms with van der Waals surface area (Å²) >= 11 is 7.62. The first-order chi connectivity index (χ1) is 6.62. The van der Waals surface area contributed by atoms with Gasteiger partial charge in [-0.15, -0.1) is 0 Å². The summed E-state index contributed by atoms with van der Waals surface area (Å²) in [6.45, 7) is 4.19. The predicted molar refractivity (Wildman–Crippen MR) is 66.6 cm³/mol. The molecule has 0 atom stereocenters. The Morgan fingerprint density at radius 2 is 1.00 bits per heavy atom. The van der Waals surface area contributed by atoms with Crippen LogP contribution in [0.15, 0.2) is 24.3 Å². The van der Waals surface area contributed by atoms with Crippen LogP contribution in [0.4, 0.5) is 0 Å². The van der Waals surface area contributed by atoms with Crippen LogP contribution in [0.3, 0.4) is 0 Å². The van der Waals surface area contributed by atoms with Crippen LogP contribution in [-0.4, -0.2) is 10.3 Å². The van der Waals surface area contributed by atoms with Crippen molar-refractivity contribution in [2.75, 3.05) is 0 Å². The molecule has 1 rings (SSSR count). The average molecular weight is 224 g/mol. The van der Waals surface area contributed by atoms with Gasteiger partial charge in [0.2, 0.25) is 0 Å². The van der Waals surface area contributed by atoms with Crippen molar-refractivity contribution in [2.45, 2.75) is 13.8 Å². The van der Waals surface area contributed by atoms with Gasteiger partial charge in [0.25, 0.3) is 0 Å². The first kappa shape index (κ1) is 15.3. The molecule has 0 saturated carbocycles. The molecule has 0 aliphatic carbocycles. The minimum atomic E-state index is 1.33. The molecule has 0 saturated heterocycles. The highest BCUT2D eigenvalue weighted by molar-refractivity contribution is 7.78. The maximum Gasteiger partial charge on any atom is 0.0554 e. The van der Waals surface area contributed by atoms with Gasteiger partial charge >= 0.3 is 0 Å². The fourth-order valence-electron chi connectivity index (χ4n) is 0.637. The Hall–Kier alpha value is -1.18. The molecule has 1 aromatic carbocycles. The van der Waals surface area contributed by atoms with E-state index in [0.29, 0.717) is 0 Å². The summed E-state index contributed by atoms with van der Waals surface area (Å²) in [4.78, 5) is 0. The predicted octanol–water partition coefficient (Wildman–Crippen LogP) is 3.64. The second kappa shape index (κ2) is 11.8. The van der Waals surface area contributed by atoms with Gasteiger partial charge in [0.1, 0.15) is 0 Å². The van der Waals surface area contributed by atoms with Crippen LogP contribution in [0.1, 0.15) is 11.1 Å². The van der Waals surface area contributed by atoms with E-state index in [0.717, 1.165) is 0 Å². The van der Waals surface area contributed by atoms with Crippen molar-refractivity contribution in [3.8, 4) is 0 Å². The van der Waals surface area contributed by atoms with E-state index in [2.05, 4.69) is 62.5 Å². The molecular formula is C10H12N2S2. The standard InChI is InChI=1S/C8H10.2CHNS/c1-7-3-5-8(2)6-4-7;2*2-1-3/h3-6H,1-2H3;2*2H. The summed E-state index contributed by atoms with van der Waals surface area (Å²) in [7, 11) is 0. The lowest BCUT2D eigenvalue weighted by Crippen LogP contribution is -1.70. The van der Waals surface area contributed by atoms with Crippen LogP contribution in [0, 0.1) is 24.7 Å². The number of benzene rings is 1. The van der Waals surface area contributed by atoms with Crippen molar-refractivity contribution in [3.63, 3.8) is 0 Å². The number of hydrogen-bond donors (Lipinski definition) is 2. The molecule has 0 bridgehead atoms. The fraction of sp³-hybridized carbons (Fsp3) is 0.200. The SMILES string of the molecule is Cc1ccc(C)cc1.N=C=S.N=C=S. The number of nitrogens with one attached hydrogen (secondary N) is 2. The third-order valence-corrected chi connectivity index (χ3v) is 1.22. The normalized spacial score (nSPS) is 6.43. The molecule has 2 N–H and O–H groups in total. The third kappa shape index (κ3) is 13.4. The zero-order valence-electron chi connectivity index (χ0n) is 8.13. The van der Waals surface area contributed by atoms with E-state index in [9.17, 15) is 0 Å². The lowest BCUT2D eigenvalue weighted by molar-refractivity contribution is 1.40. The molecule has 1 aromatic rings. The molecule has 0 fully saturated rings. The zero-order chi connectivity index (χ0) is 11.4. The maximum absolute atomic E-state index is 5.77. The van der Waals surface area contributed by atoms with Crippen molar-refractivity contribution >= 4 is 34.8 Å². The Balaban J connectivity index is 0. The van der Waals surface area contributed by atoms with Gasteiger partial charge in [-0.2, -0.15) is 0 Å². The topological polar surface area (TPSA) is 47.7 Å². The Morgan fingerprint density at radius 3 is 1.14 bits per heavy atom. The van der Waals surface area contributed by atoms with E-state index in [4.69, 9.17) is 10.8 Å². The van der Waals surface area contributed by atoms with Gasteiger partial charge in [0.05, 0.1) is 10.3 Å². The minimum absolute atomic E-state index is 1.33. The van der Waals surface area contributed by atoms with Crippen LogP contribution in [0.5, 0.6) is 0 Å². The molecule has 74 valence electrons. The molecule has 0 unspecified atom stereocenters. The molecule has 0 aromatic heterocycles. The summed E-state index contributed by atoms with van der Waals surface area (Å²) < 4.78 is 0. The fourth-order valence-corrected chi connectivity index (χ4v) is 0.637. The van der Waals surface area contributed by atoms with Crippen molar-refractivity contribution < 1.29 is 0 Å². The molecule has 0 aliphatic heterocycles. The van der Waals surface area contributed by atoms with E-state index >= 15 is 0 Å². The molecule has 0 heterocycles. The van der Waals surface area contributed by atoms with E-state index < -0.39 is 0 Å². The van der Waals surface area contributed by atoms with E-state index in [1.165, 1.54) is 11.1 Å². The van der Waals surface area contributed by atoms with Crippen molar-refractivity contribution in [1.82, 2.24) is 0 Å². The number of rotatable bonds is 0. The largest absolute Gasteiger partial charge is 0.248 e. The lowest BCUT2D eigenvalue weighted by Gasteiger charge is -1.90. The average Bonchev–Trinajstić information content (AvgIpc) is 2.13. The Morgan fingerprint density at radius 1 is 0.857 bits per heavy atom. The molecule has 0 radical (unpaired) electrons. The number of aryl methyl sites for hydroxylation is 2. The zero-order valence-corrected chi connectivity index (χ0v) is 9.76. The van der Waals surface area contributed by atoms with Gasteiger partial charge in [-0.1, -0.05) is 35.4 Å². The van der Waals surface area contributed by atoms with Gasteiger partial charge in [-0.3, -0.25) is 0 Å². The van der Waals surface area contributed by atoms with Gasteiger partial charge < -0.3 is 0 Å². The summed E-state index contributed by atoms with van der Waals surface area (Å²) in [5.74, 6) is 0. The van der Waals surface area contributed by atoms with E-state index in [-0.39, 0.29) is 0 Å². The maximum atomic E-state index is 5.77. The number of thiocarbonyl (C=S) groups is 2. The van der Waals surface area contributed by atoms with Crippen molar-refractivity contribution in [3.05, 3.63) is 35.4 Å². The van der Waals surface area contributed by atoms with E-state index in [1.807, 2.05) is 0 Å². The second-order valence-electron chi connectivity index (χ2n) is 2.36. The summed E-state index contributed by atoms with van der Waals surface area (Å²) in [5.41, 5.74) is 2.66. The highest BCUT2D eigenvalue weighted by Crippen LogP contribution is 1.99. The molecule has 0 aliphatic rings. The Labute approximate surface area is 95.0 Å². The van der Waals surface area contributed by atoms with Crippen LogP contribution in [-0.2, 0) is 0 Å². The van der Waals surface area contributed by atoms with Crippen LogP contribution in [0.25, 0.3) is 0 Å². The van der Waals surface area contributed by atoms with Gasteiger partial charge in [-0.25, -0.2) is 10.8 Å². The second-order valence-corrected chi connectivity index (χ2v) is 2.77. The van der Waals surface area contributed by atoms with Crippen molar-refractivity contribution in [1.29, 1.82) is 10.8 Å². The van der Waals surface area contributed by atoms with Gasteiger partial charge in [-0.05, 0) is 38.3 Å². The molecule has 14 heavy (non-hydrogen) atoms. The van der Waals surface area contributed by atoms with Crippen LogP contribution < -0.4 is 0 Å². The minimum Gasteiger partial charge on any atom is -0.248 e. The van der Waals surface area contributed by atoms with E-state index in [1.54, 1.807) is 10.3 Å². The highest BCUT2D eigenvalue weighted by Gasteiger charge is 1.79. The molecule has 0 spiro atoms. The molecule has 4 heteroatoms. The lowest BCUT2D eigenvalue weighted by atomic mass is 10.2. The first-order valence-corrected chi connectivity index (χ1v) is 4.55. The molecule has 2 nitrogen and oxygen atoms in total. The van der Waals surface area contributed by atoms with Crippen molar-refractivity contribution in [2.24, 2.45) is 0 Å². The summed E-state index contributed by atoms with van der Waals surface area (Å²) in [5, 5.41) is 14.7.